The fourth-order valence-corrected chi connectivity index (χ4v) is 1.99. The summed E-state index contributed by atoms with van der Waals surface area (Å²) in [5.41, 5.74) is 0.822. The number of benzene rings is 1. The number of rotatable bonds is 0. The molecule has 0 saturated heterocycles. The van der Waals surface area contributed by atoms with Crippen LogP contribution in [0, 0.1) is 0 Å². The van der Waals surface area contributed by atoms with Gasteiger partial charge in [0.15, 0.2) is 0 Å². The van der Waals surface area contributed by atoms with E-state index in [1.807, 2.05) is 0 Å². The van der Waals surface area contributed by atoms with Crippen LogP contribution in [0.5, 0.6) is 0 Å². The second-order valence-electron chi connectivity index (χ2n) is 3.80. The van der Waals surface area contributed by atoms with Crippen LogP contribution in [-0.4, -0.2) is 17.7 Å². The molecule has 1 aliphatic heterocycles. The van der Waals surface area contributed by atoms with Gasteiger partial charge in [-0.1, -0.05) is 24.3 Å². The van der Waals surface area contributed by atoms with Crippen molar-refractivity contribution in [1.82, 2.24) is 0 Å². The summed E-state index contributed by atoms with van der Waals surface area (Å²) >= 11 is 0. The number of halogens is 2. The third kappa shape index (κ3) is 1.69. The summed E-state index contributed by atoms with van der Waals surface area (Å²) in [7, 11) is 0. The topological polar surface area (TPSA) is 23.5 Å². The largest absolute Gasteiger partial charge is 0.288 e. The van der Waals surface area contributed by atoms with Crippen LogP contribution in [0.1, 0.15) is 18.9 Å². The molecule has 1 aromatic rings. The van der Waals surface area contributed by atoms with Gasteiger partial charge in [0.2, 0.25) is 0 Å². The minimum absolute atomic E-state index is 0.0142. The first-order valence-corrected chi connectivity index (χ1v) is 5.16. The van der Waals surface area contributed by atoms with Crippen LogP contribution in [0.25, 0.3) is 5.57 Å². The quantitative estimate of drug-likeness (QED) is 0.732. The van der Waals surface area contributed by atoms with Gasteiger partial charge >= 0.3 is 0 Å². The molecule has 86 valence electrons. The monoisotopic (exact) mass is 225 g/mol. The predicted octanol–water partition coefficient (Wildman–Crippen LogP) is 3.32. The number of hydroxylamine groups is 1. The second-order valence-corrected chi connectivity index (χ2v) is 3.80. The van der Waals surface area contributed by atoms with Gasteiger partial charge in [-0.15, -0.1) is 0 Å². The molecule has 1 N–H and O–H groups in total. The molecule has 0 atom stereocenters. The smallest absolute Gasteiger partial charge is 0.275 e. The number of anilines is 1. The first kappa shape index (κ1) is 11.1. The Kier molecular flexibility index (Phi) is 2.68. The SMILES string of the molecule is C/C=C1\c2ccccc2N(O)CCC1(F)F. The first-order valence-electron chi connectivity index (χ1n) is 5.16. The molecule has 2 nitrogen and oxygen atoms in total. The van der Waals surface area contributed by atoms with E-state index in [1.54, 1.807) is 31.2 Å². The molecule has 0 spiro atoms. The van der Waals surface area contributed by atoms with Gasteiger partial charge in [0.25, 0.3) is 5.92 Å². The Morgan fingerprint density at radius 3 is 2.75 bits per heavy atom. The van der Waals surface area contributed by atoms with E-state index < -0.39 is 5.92 Å². The molecular weight excluding hydrogens is 212 g/mol. The molecule has 2 rings (SSSR count). The minimum atomic E-state index is -2.89. The highest BCUT2D eigenvalue weighted by Crippen LogP contribution is 2.42. The zero-order chi connectivity index (χ0) is 11.8. The van der Waals surface area contributed by atoms with Crippen molar-refractivity contribution in [1.29, 1.82) is 0 Å². The molecule has 1 aliphatic rings. The summed E-state index contributed by atoms with van der Waals surface area (Å²) in [6, 6.07) is 6.66. The van der Waals surface area contributed by atoms with E-state index >= 15 is 0 Å². The summed E-state index contributed by atoms with van der Waals surface area (Å²) in [5.74, 6) is -2.89. The summed E-state index contributed by atoms with van der Waals surface area (Å²) in [4.78, 5) is 0. The standard InChI is InChI=1S/C12H13F2NO/c1-2-10-9-5-3-4-6-11(9)15(16)8-7-12(10,13)14/h2-6,16H,7-8H2,1H3/b10-2+. The lowest BCUT2D eigenvalue weighted by Gasteiger charge is -2.17. The zero-order valence-electron chi connectivity index (χ0n) is 8.95. The molecule has 0 aliphatic carbocycles. The summed E-state index contributed by atoms with van der Waals surface area (Å²) in [5, 5.41) is 10.5. The Balaban J connectivity index is 2.62. The van der Waals surface area contributed by atoms with Crippen LogP contribution >= 0.6 is 0 Å². The van der Waals surface area contributed by atoms with Crippen LogP contribution < -0.4 is 5.06 Å². The summed E-state index contributed by atoms with van der Waals surface area (Å²) < 4.78 is 27.6. The number of nitrogens with zero attached hydrogens (tertiary/aromatic N) is 1. The fraction of sp³-hybridized carbons (Fsp3) is 0.333. The number of allylic oxidation sites excluding steroid dienone is 2. The molecule has 1 aromatic carbocycles. The van der Waals surface area contributed by atoms with Crippen molar-refractivity contribution >= 4 is 11.3 Å². The number of alkyl halides is 2. The van der Waals surface area contributed by atoms with Gasteiger partial charge in [0, 0.05) is 17.6 Å². The van der Waals surface area contributed by atoms with Crippen LogP contribution in [0.2, 0.25) is 0 Å². The van der Waals surface area contributed by atoms with Crippen LogP contribution in [0.4, 0.5) is 14.5 Å². The average molecular weight is 225 g/mol. The summed E-state index contributed by atoms with van der Waals surface area (Å²) in [6.07, 6.45) is 1.04. The maximum absolute atomic E-state index is 13.8. The average Bonchev–Trinajstić information content (AvgIpc) is 2.36. The van der Waals surface area contributed by atoms with Crippen LogP contribution in [0.3, 0.4) is 0 Å². The number of hydrogen-bond acceptors (Lipinski definition) is 2. The highest BCUT2D eigenvalue weighted by molar-refractivity contribution is 5.80. The molecule has 0 amide bonds. The highest BCUT2D eigenvalue weighted by Gasteiger charge is 2.38. The molecule has 0 aromatic heterocycles. The van der Waals surface area contributed by atoms with Gasteiger partial charge in [-0.2, -0.15) is 0 Å². The Morgan fingerprint density at radius 2 is 2.06 bits per heavy atom. The molecule has 0 saturated carbocycles. The lowest BCUT2D eigenvalue weighted by molar-refractivity contribution is 0.0548. The third-order valence-electron chi connectivity index (χ3n) is 2.79. The zero-order valence-corrected chi connectivity index (χ0v) is 8.95. The van der Waals surface area contributed by atoms with Gasteiger partial charge in [-0.3, -0.25) is 10.3 Å². The molecule has 4 heteroatoms. The van der Waals surface area contributed by atoms with Gasteiger partial charge in [0.05, 0.1) is 12.2 Å². The van der Waals surface area contributed by atoms with Gasteiger partial charge < -0.3 is 0 Å². The number of fused-ring (bicyclic) bond motifs is 1. The van der Waals surface area contributed by atoms with Crippen molar-refractivity contribution in [2.75, 3.05) is 11.6 Å². The van der Waals surface area contributed by atoms with Gasteiger partial charge in [-0.05, 0) is 13.0 Å². The third-order valence-corrected chi connectivity index (χ3v) is 2.79. The van der Waals surface area contributed by atoms with Crippen LogP contribution in [-0.2, 0) is 0 Å². The molecule has 0 bridgehead atoms. The maximum Gasteiger partial charge on any atom is 0.275 e. The number of para-hydroxylation sites is 1. The van der Waals surface area contributed by atoms with E-state index in [2.05, 4.69) is 0 Å². The van der Waals surface area contributed by atoms with Crippen molar-refractivity contribution in [2.24, 2.45) is 0 Å². The van der Waals surface area contributed by atoms with E-state index in [4.69, 9.17) is 0 Å². The molecular formula is C12H13F2NO. The van der Waals surface area contributed by atoms with Crippen molar-refractivity contribution in [3.63, 3.8) is 0 Å². The molecule has 1 heterocycles. The normalized spacial score (nSPS) is 21.8. The van der Waals surface area contributed by atoms with E-state index in [1.165, 1.54) is 6.08 Å². The second kappa shape index (κ2) is 3.87. The Hall–Kier alpha value is -1.42. The van der Waals surface area contributed by atoms with Gasteiger partial charge in [-0.25, -0.2) is 8.78 Å². The number of hydrogen-bond donors (Lipinski definition) is 1. The fourth-order valence-electron chi connectivity index (χ4n) is 1.99. The van der Waals surface area contributed by atoms with Crippen molar-refractivity contribution in [3.05, 3.63) is 35.9 Å². The Morgan fingerprint density at radius 1 is 1.38 bits per heavy atom. The van der Waals surface area contributed by atoms with E-state index in [0.717, 1.165) is 5.06 Å². The molecule has 0 fully saturated rings. The lowest BCUT2D eigenvalue weighted by Crippen LogP contribution is -2.23. The van der Waals surface area contributed by atoms with Crippen molar-refractivity contribution in [2.45, 2.75) is 19.3 Å². The van der Waals surface area contributed by atoms with E-state index in [9.17, 15) is 14.0 Å². The molecule has 0 radical (unpaired) electrons. The van der Waals surface area contributed by atoms with Crippen molar-refractivity contribution < 1.29 is 14.0 Å². The first-order chi connectivity index (χ1) is 7.56. The minimum Gasteiger partial charge on any atom is -0.288 e. The molecule has 16 heavy (non-hydrogen) atoms. The summed E-state index contributed by atoms with van der Waals surface area (Å²) in [6.45, 7) is 1.52. The maximum atomic E-state index is 13.8. The van der Waals surface area contributed by atoms with Gasteiger partial charge in [0.1, 0.15) is 0 Å². The molecule has 0 unspecified atom stereocenters. The highest BCUT2D eigenvalue weighted by atomic mass is 19.3. The van der Waals surface area contributed by atoms with E-state index in [-0.39, 0.29) is 18.5 Å². The van der Waals surface area contributed by atoms with Crippen LogP contribution in [0.15, 0.2) is 30.3 Å². The van der Waals surface area contributed by atoms with Crippen molar-refractivity contribution in [3.8, 4) is 0 Å². The predicted molar refractivity (Wildman–Crippen MR) is 58.8 cm³/mol. The Labute approximate surface area is 92.8 Å². The van der Waals surface area contributed by atoms with E-state index in [0.29, 0.717) is 11.3 Å². The lowest BCUT2D eigenvalue weighted by atomic mass is 9.97. The Bertz CT molecular complexity index is 429.